The largest absolute Gasteiger partial charge is 0.392 e. The fraction of sp³-hybridized carbons (Fsp3) is 0.833. The third kappa shape index (κ3) is 1.73. The minimum atomic E-state index is -0.110. The van der Waals surface area contributed by atoms with Crippen molar-refractivity contribution >= 4 is 0 Å². The van der Waals surface area contributed by atoms with Gasteiger partial charge in [0.2, 0.25) is 0 Å². The van der Waals surface area contributed by atoms with Crippen molar-refractivity contribution in [2.75, 3.05) is 6.54 Å². The molecular weight excluding hydrogens is 174 g/mol. The van der Waals surface area contributed by atoms with E-state index in [9.17, 15) is 5.11 Å². The first kappa shape index (κ1) is 10.2. The summed E-state index contributed by atoms with van der Waals surface area (Å²) in [7, 11) is 0. The van der Waals surface area contributed by atoms with Gasteiger partial charge in [-0.2, -0.15) is 0 Å². The Kier molecular flexibility index (Phi) is 2.67. The maximum absolute atomic E-state index is 9.59. The van der Waals surface area contributed by atoms with Gasteiger partial charge in [-0.15, -0.1) is 0 Å². The third-order valence-corrected chi connectivity index (χ3v) is 3.97. The molecule has 1 fully saturated rings. The topological polar surface area (TPSA) is 32.3 Å². The highest BCUT2D eigenvalue weighted by atomic mass is 16.3. The minimum Gasteiger partial charge on any atom is -0.392 e. The second-order valence-electron chi connectivity index (χ2n) is 5.34. The smallest absolute Gasteiger partial charge is 0.0621 e. The average Bonchev–Trinajstić information content (AvgIpc) is 2.64. The van der Waals surface area contributed by atoms with Gasteiger partial charge in [-0.1, -0.05) is 26.0 Å². The van der Waals surface area contributed by atoms with Gasteiger partial charge in [0.15, 0.2) is 0 Å². The van der Waals surface area contributed by atoms with E-state index in [2.05, 4.69) is 31.3 Å². The molecule has 0 amide bonds. The predicted octanol–water partition coefficient (Wildman–Crippen LogP) is 1.70. The van der Waals surface area contributed by atoms with Crippen molar-refractivity contribution in [2.24, 2.45) is 11.3 Å². The maximum atomic E-state index is 9.59. The molecule has 0 aromatic rings. The van der Waals surface area contributed by atoms with Crippen LogP contribution >= 0.6 is 0 Å². The summed E-state index contributed by atoms with van der Waals surface area (Å²) in [5, 5.41) is 13.2. The SMILES string of the molecule is CC1(C)C(O)CC1NCC1CC=CC1. The van der Waals surface area contributed by atoms with Gasteiger partial charge in [-0.25, -0.2) is 0 Å². The molecule has 2 rings (SSSR count). The first-order valence-corrected chi connectivity index (χ1v) is 5.67. The van der Waals surface area contributed by atoms with E-state index in [0.717, 1.165) is 18.9 Å². The molecule has 2 heteroatoms. The van der Waals surface area contributed by atoms with Gasteiger partial charge in [-0.05, 0) is 31.7 Å². The molecule has 1 saturated carbocycles. The lowest BCUT2D eigenvalue weighted by molar-refractivity contribution is -0.0731. The number of hydrogen-bond acceptors (Lipinski definition) is 2. The van der Waals surface area contributed by atoms with Crippen LogP contribution in [0.5, 0.6) is 0 Å². The first-order chi connectivity index (χ1) is 6.60. The summed E-state index contributed by atoms with van der Waals surface area (Å²) in [4.78, 5) is 0. The lowest BCUT2D eigenvalue weighted by Crippen LogP contribution is -2.60. The normalized spacial score (nSPS) is 35.9. The number of allylic oxidation sites excluding steroid dienone is 2. The van der Waals surface area contributed by atoms with Crippen LogP contribution in [0.15, 0.2) is 12.2 Å². The Balaban J connectivity index is 1.72. The molecular formula is C12H21NO. The standard InChI is InChI=1S/C12H21NO/c1-12(2)10(7-11(12)14)13-8-9-5-3-4-6-9/h3-4,9-11,13-14H,5-8H2,1-2H3. The minimum absolute atomic E-state index is 0.0754. The molecule has 0 spiro atoms. The zero-order valence-corrected chi connectivity index (χ0v) is 9.16. The summed E-state index contributed by atoms with van der Waals surface area (Å²) in [5.74, 6) is 0.795. The summed E-state index contributed by atoms with van der Waals surface area (Å²) in [6.07, 6.45) is 7.81. The highest BCUT2D eigenvalue weighted by Gasteiger charge is 2.46. The van der Waals surface area contributed by atoms with Gasteiger partial charge in [0.05, 0.1) is 6.10 Å². The lowest BCUT2D eigenvalue weighted by Gasteiger charge is -2.50. The molecule has 2 N–H and O–H groups in total. The van der Waals surface area contributed by atoms with Gasteiger partial charge in [0.25, 0.3) is 0 Å². The number of hydrogen-bond donors (Lipinski definition) is 2. The molecule has 0 bridgehead atoms. The molecule has 0 aromatic carbocycles. The number of rotatable bonds is 3. The van der Waals surface area contributed by atoms with Crippen LogP contribution in [0.1, 0.15) is 33.1 Å². The summed E-state index contributed by atoms with van der Waals surface area (Å²) < 4.78 is 0. The molecule has 14 heavy (non-hydrogen) atoms. The Morgan fingerprint density at radius 1 is 1.36 bits per heavy atom. The van der Waals surface area contributed by atoms with Crippen LogP contribution < -0.4 is 5.32 Å². The van der Waals surface area contributed by atoms with Crippen molar-refractivity contribution in [1.29, 1.82) is 0 Å². The van der Waals surface area contributed by atoms with Gasteiger partial charge < -0.3 is 10.4 Å². The Morgan fingerprint density at radius 2 is 2.00 bits per heavy atom. The van der Waals surface area contributed by atoms with Crippen LogP contribution in [0.25, 0.3) is 0 Å². The molecule has 2 aliphatic carbocycles. The quantitative estimate of drug-likeness (QED) is 0.672. The molecule has 2 unspecified atom stereocenters. The van der Waals surface area contributed by atoms with Crippen molar-refractivity contribution in [3.05, 3.63) is 12.2 Å². The maximum Gasteiger partial charge on any atom is 0.0621 e. The first-order valence-electron chi connectivity index (χ1n) is 5.67. The van der Waals surface area contributed by atoms with Crippen molar-refractivity contribution in [3.8, 4) is 0 Å². The van der Waals surface area contributed by atoms with E-state index >= 15 is 0 Å². The third-order valence-electron chi connectivity index (χ3n) is 3.97. The molecule has 2 aliphatic rings. The van der Waals surface area contributed by atoms with Crippen LogP contribution in [0.3, 0.4) is 0 Å². The fourth-order valence-corrected chi connectivity index (χ4v) is 2.40. The van der Waals surface area contributed by atoms with Crippen molar-refractivity contribution in [3.63, 3.8) is 0 Å². The Morgan fingerprint density at radius 3 is 2.50 bits per heavy atom. The fourth-order valence-electron chi connectivity index (χ4n) is 2.40. The Bertz CT molecular complexity index is 226. The molecule has 0 aromatic heterocycles. The van der Waals surface area contributed by atoms with Gasteiger partial charge in [0.1, 0.15) is 0 Å². The van der Waals surface area contributed by atoms with E-state index in [1.807, 2.05) is 0 Å². The molecule has 0 saturated heterocycles. The van der Waals surface area contributed by atoms with E-state index in [1.54, 1.807) is 0 Å². The number of aliphatic hydroxyl groups excluding tert-OH is 1. The molecule has 2 nitrogen and oxygen atoms in total. The molecule has 0 aliphatic heterocycles. The van der Waals surface area contributed by atoms with Crippen molar-refractivity contribution < 1.29 is 5.11 Å². The van der Waals surface area contributed by atoms with Gasteiger partial charge in [0, 0.05) is 11.5 Å². The highest BCUT2D eigenvalue weighted by molar-refractivity contribution is 5.02. The second kappa shape index (κ2) is 3.67. The molecule has 80 valence electrons. The van der Waals surface area contributed by atoms with E-state index in [1.165, 1.54) is 12.8 Å². The lowest BCUT2D eigenvalue weighted by atomic mass is 9.64. The zero-order chi connectivity index (χ0) is 10.2. The Hall–Kier alpha value is -0.340. The van der Waals surface area contributed by atoms with Crippen LogP contribution in [0.4, 0.5) is 0 Å². The van der Waals surface area contributed by atoms with Crippen LogP contribution in [0, 0.1) is 11.3 Å². The number of aliphatic hydroxyl groups is 1. The summed E-state index contributed by atoms with van der Waals surface area (Å²) in [6.45, 7) is 5.39. The van der Waals surface area contributed by atoms with Crippen LogP contribution in [-0.4, -0.2) is 23.8 Å². The average molecular weight is 195 g/mol. The molecule has 0 heterocycles. The van der Waals surface area contributed by atoms with Gasteiger partial charge in [-0.3, -0.25) is 0 Å². The molecule has 2 atom stereocenters. The number of nitrogens with one attached hydrogen (secondary N) is 1. The second-order valence-corrected chi connectivity index (χ2v) is 5.34. The summed E-state index contributed by atoms with van der Waals surface area (Å²) >= 11 is 0. The van der Waals surface area contributed by atoms with Crippen molar-refractivity contribution in [2.45, 2.75) is 45.3 Å². The van der Waals surface area contributed by atoms with E-state index in [0.29, 0.717) is 6.04 Å². The predicted molar refractivity (Wildman–Crippen MR) is 58.1 cm³/mol. The molecule has 0 radical (unpaired) electrons. The zero-order valence-electron chi connectivity index (χ0n) is 9.16. The van der Waals surface area contributed by atoms with E-state index < -0.39 is 0 Å². The van der Waals surface area contributed by atoms with Crippen molar-refractivity contribution in [1.82, 2.24) is 5.32 Å². The highest BCUT2D eigenvalue weighted by Crippen LogP contribution is 2.40. The Labute approximate surface area is 86.4 Å². The summed E-state index contributed by atoms with van der Waals surface area (Å²) in [5.41, 5.74) is 0.0754. The van der Waals surface area contributed by atoms with Crippen LogP contribution in [-0.2, 0) is 0 Å². The van der Waals surface area contributed by atoms with Gasteiger partial charge >= 0.3 is 0 Å². The summed E-state index contributed by atoms with van der Waals surface area (Å²) in [6, 6.07) is 0.512. The van der Waals surface area contributed by atoms with Crippen LogP contribution in [0.2, 0.25) is 0 Å². The van der Waals surface area contributed by atoms with E-state index in [-0.39, 0.29) is 11.5 Å². The van der Waals surface area contributed by atoms with E-state index in [4.69, 9.17) is 0 Å². The monoisotopic (exact) mass is 195 g/mol.